The molecule has 1 aromatic rings. The van der Waals surface area contributed by atoms with Crippen LogP contribution in [0.25, 0.3) is 0 Å². The minimum Gasteiger partial charge on any atom is -0.387 e. The van der Waals surface area contributed by atoms with Gasteiger partial charge in [0.1, 0.15) is 0 Å². The normalized spacial score (nSPS) is 24.3. The third kappa shape index (κ3) is 4.00. The molecule has 20 heavy (non-hydrogen) atoms. The van der Waals surface area contributed by atoms with E-state index in [9.17, 15) is 15.2 Å². The summed E-state index contributed by atoms with van der Waals surface area (Å²) in [7, 11) is 0. The highest BCUT2D eigenvalue weighted by molar-refractivity contribution is 5.33. The van der Waals surface area contributed by atoms with Crippen LogP contribution in [-0.2, 0) is 4.74 Å². The molecule has 3 unspecified atom stereocenters. The standard InChI is InChI=1S/C14H20N2O4/c1-10-8-12(6-7-20-10)15-9-14(17)11-2-4-13(5-3-11)16(18)19/h2-5,10,12,14-15,17H,6-9H2,1H3. The highest BCUT2D eigenvalue weighted by Gasteiger charge is 2.20. The summed E-state index contributed by atoms with van der Waals surface area (Å²) in [6, 6.07) is 6.37. The van der Waals surface area contributed by atoms with E-state index in [1.807, 2.05) is 6.92 Å². The van der Waals surface area contributed by atoms with Gasteiger partial charge in [0.2, 0.25) is 0 Å². The van der Waals surface area contributed by atoms with Crippen LogP contribution in [0.1, 0.15) is 31.4 Å². The van der Waals surface area contributed by atoms with Crippen LogP contribution < -0.4 is 5.32 Å². The van der Waals surface area contributed by atoms with Crippen molar-refractivity contribution in [3.05, 3.63) is 39.9 Å². The first kappa shape index (κ1) is 14.9. The summed E-state index contributed by atoms with van der Waals surface area (Å²) < 4.78 is 5.47. The Kier molecular flexibility index (Phi) is 5.05. The molecular weight excluding hydrogens is 260 g/mol. The molecule has 3 atom stereocenters. The number of ether oxygens (including phenoxy) is 1. The van der Waals surface area contributed by atoms with Crippen molar-refractivity contribution in [3.8, 4) is 0 Å². The van der Waals surface area contributed by atoms with Gasteiger partial charge in [-0.15, -0.1) is 0 Å². The maximum atomic E-state index is 10.6. The van der Waals surface area contributed by atoms with Gasteiger partial charge in [-0.2, -0.15) is 0 Å². The number of nitrogens with zero attached hydrogens (tertiary/aromatic N) is 1. The molecule has 0 amide bonds. The smallest absolute Gasteiger partial charge is 0.269 e. The highest BCUT2D eigenvalue weighted by Crippen LogP contribution is 2.18. The van der Waals surface area contributed by atoms with E-state index in [-0.39, 0.29) is 11.8 Å². The van der Waals surface area contributed by atoms with E-state index in [1.165, 1.54) is 12.1 Å². The number of hydrogen-bond acceptors (Lipinski definition) is 5. The zero-order valence-electron chi connectivity index (χ0n) is 11.5. The van der Waals surface area contributed by atoms with Gasteiger partial charge in [0.25, 0.3) is 5.69 Å². The molecule has 1 aromatic carbocycles. The number of nitro benzene ring substituents is 1. The lowest BCUT2D eigenvalue weighted by molar-refractivity contribution is -0.384. The van der Waals surface area contributed by atoms with Crippen molar-refractivity contribution in [2.75, 3.05) is 13.2 Å². The van der Waals surface area contributed by atoms with Crippen molar-refractivity contribution in [3.63, 3.8) is 0 Å². The minimum absolute atomic E-state index is 0.0344. The lowest BCUT2D eigenvalue weighted by Gasteiger charge is -2.28. The van der Waals surface area contributed by atoms with Crippen LogP contribution in [0.15, 0.2) is 24.3 Å². The van der Waals surface area contributed by atoms with Crippen LogP contribution in [0.4, 0.5) is 5.69 Å². The number of nitro groups is 1. The highest BCUT2D eigenvalue weighted by atomic mass is 16.6. The van der Waals surface area contributed by atoms with Crippen LogP contribution in [-0.4, -0.2) is 35.3 Å². The molecule has 6 heteroatoms. The third-order valence-electron chi connectivity index (χ3n) is 3.57. The molecule has 1 saturated heterocycles. The van der Waals surface area contributed by atoms with Gasteiger partial charge in [-0.25, -0.2) is 0 Å². The van der Waals surface area contributed by atoms with Crippen molar-refractivity contribution in [1.82, 2.24) is 5.32 Å². The summed E-state index contributed by atoms with van der Waals surface area (Å²) in [5.41, 5.74) is 0.718. The van der Waals surface area contributed by atoms with Crippen molar-refractivity contribution in [1.29, 1.82) is 0 Å². The largest absolute Gasteiger partial charge is 0.387 e. The molecule has 0 saturated carbocycles. The Hall–Kier alpha value is -1.50. The van der Waals surface area contributed by atoms with Gasteiger partial charge in [0.05, 0.1) is 17.1 Å². The average molecular weight is 280 g/mol. The van der Waals surface area contributed by atoms with Crippen LogP contribution in [0.2, 0.25) is 0 Å². The van der Waals surface area contributed by atoms with Crippen molar-refractivity contribution in [2.24, 2.45) is 0 Å². The second kappa shape index (κ2) is 6.78. The molecule has 110 valence electrons. The van der Waals surface area contributed by atoms with E-state index in [2.05, 4.69) is 5.32 Å². The topological polar surface area (TPSA) is 84.6 Å². The fourth-order valence-corrected chi connectivity index (χ4v) is 2.40. The summed E-state index contributed by atoms with van der Waals surface area (Å²) in [5, 5.41) is 24.0. The van der Waals surface area contributed by atoms with Gasteiger partial charge >= 0.3 is 0 Å². The SMILES string of the molecule is CC1CC(NCC(O)c2ccc([N+](=O)[O-])cc2)CCO1. The first-order valence-electron chi connectivity index (χ1n) is 6.83. The number of nitrogens with one attached hydrogen (secondary N) is 1. The van der Waals surface area contributed by atoms with E-state index < -0.39 is 11.0 Å². The van der Waals surface area contributed by atoms with Gasteiger partial charge in [0.15, 0.2) is 0 Å². The van der Waals surface area contributed by atoms with Crippen LogP contribution in [0, 0.1) is 10.1 Å². The molecule has 2 N–H and O–H groups in total. The van der Waals surface area contributed by atoms with Crippen molar-refractivity contribution in [2.45, 2.75) is 38.0 Å². The van der Waals surface area contributed by atoms with Gasteiger partial charge in [-0.05, 0) is 37.5 Å². The third-order valence-corrected chi connectivity index (χ3v) is 3.57. The Morgan fingerprint density at radius 1 is 1.50 bits per heavy atom. The Morgan fingerprint density at radius 2 is 2.20 bits per heavy atom. The molecule has 2 rings (SSSR count). The number of aliphatic hydroxyl groups is 1. The summed E-state index contributed by atoms with van der Waals surface area (Å²) in [6.45, 7) is 3.22. The number of benzene rings is 1. The van der Waals surface area contributed by atoms with Crippen LogP contribution in [0.5, 0.6) is 0 Å². The Morgan fingerprint density at radius 3 is 2.80 bits per heavy atom. The predicted molar refractivity (Wildman–Crippen MR) is 74.5 cm³/mol. The number of aliphatic hydroxyl groups excluding tert-OH is 1. The molecule has 1 aliphatic heterocycles. The lowest BCUT2D eigenvalue weighted by Crippen LogP contribution is -2.39. The fraction of sp³-hybridized carbons (Fsp3) is 0.571. The Labute approximate surface area is 117 Å². The molecule has 0 bridgehead atoms. The first-order chi connectivity index (χ1) is 9.56. The molecular formula is C14H20N2O4. The fourth-order valence-electron chi connectivity index (χ4n) is 2.40. The number of non-ortho nitro benzene ring substituents is 1. The first-order valence-corrected chi connectivity index (χ1v) is 6.83. The van der Waals surface area contributed by atoms with Crippen LogP contribution in [0.3, 0.4) is 0 Å². The lowest BCUT2D eigenvalue weighted by atomic mass is 10.0. The molecule has 0 aromatic heterocycles. The van der Waals surface area contributed by atoms with E-state index in [4.69, 9.17) is 4.74 Å². The quantitative estimate of drug-likeness (QED) is 0.634. The number of hydrogen-bond donors (Lipinski definition) is 2. The van der Waals surface area contributed by atoms with Crippen LogP contribution >= 0.6 is 0 Å². The molecule has 1 aliphatic rings. The molecule has 1 heterocycles. The Bertz CT molecular complexity index is 449. The summed E-state index contributed by atoms with van der Waals surface area (Å²) in [4.78, 5) is 10.1. The Balaban J connectivity index is 1.84. The van der Waals surface area contributed by atoms with E-state index in [0.29, 0.717) is 18.2 Å². The van der Waals surface area contributed by atoms with Gasteiger partial charge in [-0.1, -0.05) is 0 Å². The average Bonchev–Trinajstić information content (AvgIpc) is 2.45. The zero-order chi connectivity index (χ0) is 14.5. The molecule has 0 aliphatic carbocycles. The summed E-state index contributed by atoms with van der Waals surface area (Å²) in [6.07, 6.45) is 1.47. The number of rotatable bonds is 5. The molecule has 0 radical (unpaired) electrons. The monoisotopic (exact) mass is 280 g/mol. The molecule has 6 nitrogen and oxygen atoms in total. The molecule has 1 fully saturated rings. The summed E-state index contributed by atoms with van der Waals surface area (Å²) >= 11 is 0. The van der Waals surface area contributed by atoms with E-state index >= 15 is 0 Å². The van der Waals surface area contributed by atoms with E-state index in [0.717, 1.165) is 19.4 Å². The maximum Gasteiger partial charge on any atom is 0.269 e. The second-order valence-electron chi connectivity index (χ2n) is 5.18. The second-order valence-corrected chi connectivity index (χ2v) is 5.18. The van der Waals surface area contributed by atoms with Crippen molar-refractivity contribution < 1.29 is 14.8 Å². The maximum absolute atomic E-state index is 10.6. The summed E-state index contributed by atoms with van der Waals surface area (Å²) in [5.74, 6) is 0. The van der Waals surface area contributed by atoms with Gasteiger partial charge in [-0.3, -0.25) is 10.1 Å². The van der Waals surface area contributed by atoms with Gasteiger partial charge < -0.3 is 15.2 Å². The zero-order valence-corrected chi connectivity index (χ0v) is 11.5. The predicted octanol–water partition coefficient (Wildman–Crippen LogP) is 1.79. The van der Waals surface area contributed by atoms with Gasteiger partial charge in [0, 0.05) is 31.3 Å². The minimum atomic E-state index is -0.658. The van der Waals surface area contributed by atoms with E-state index in [1.54, 1.807) is 12.1 Å². The van der Waals surface area contributed by atoms with Crippen molar-refractivity contribution >= 4 is 5.69 Å². The molecule has 0 spiro atoms.